The molecular formula is C102H79BN4O2. The van der Waals surface area contributed by atoms with E-state index >= 15 is 0 Å². The molecule has 0 unspecified atom stereocenters. The topological polar surface area (TPSA) is 34.8 Å². The van der Waals surface area contributed by atoms with Crippen LogP contribution < -0.4 is 35.7 Å². The number of nitrogens with zero attached hydrogens (tertiary/aromatic N) is 4. The Hall–Kier alpha value is -12.8. The largest absolute Gasteiger partial charge is 0.456 e. The number of anilines is 6. The van der Waals surface area contributed by atoms with Gasteiger partial charge in [0.1, 0.15) is 23.0 Å². The van der Waals surface area contributed by atoms with Crippen molar-refractivity contribution in [3.8, 4) is 101 Å². The lowest BCUT2D eigenvalue weighted by atomic mass is 9.32. The molecule has 0 radical (unpaired) electrons. The zero-order valence-corrected chi connectivity index (χ0v) is 62.7. The first-order valence-corrected chi connectivity index (χ1v) is 38.3. The smallest absolute Gasteiger partial charge is 0.252 e. The van der Waals surface area contributed by atoms with Gasteiger partial charge in [-0.2, -0.15) is 0 Å². The molecular weight excluding hydrogens is 1320 g/mol. The first-order chi connectivity index (χ1) is 53.0. The lowest BCUT2D eigenvalue weighted by Gasteiger charge is -2.48. The predicted molar refractivity (Wildman–Crippen MR) is 458 cm³/mol. The Morgan fingerprint density at radius 2 is 0.596 bits per heavy atom. The third-order valence-electron chi connectivity index (χ3n) is 23.5. The fourth-order valence-electron chi connectivity index (χ4n) is 18.2. The fourth-order valence-corrected chi connectivity index (χ4v) is 18.2. The van der Waals surface area contributed by atoms with Crippen molar-refractivity contribution >= 4 is 101 Å². The van der Waals surface area contributed by atoms with Crippen LogP contribution >= 0.6 is 0 Å². The zero-order valence-electron chi connectivity index (χ0n) is 62.7. The van der Waals surface area contributed by atoms with Crippen LogP contribution in [0.25, 0.3) is 122 Å². The van der Waals surface area contributed by atoms with E-state index in [-0.39, 0.29) is 23.0 Å². The molecule has 4 aliphatic heterocycles. The van der Waals surface area contributed by atoms with Gasteiger partial charge in [-0.1, -0.05) is 281 Å². The highest BCUT2D eigenvalue weighted by Crippen LogP contribution is 2.61. The summed E-state index contributed by atoms with van der Waals surface area (Å²) in [7, 11) is 0. The van der Waals surface area contributed by atoms with Gasteiger partial charge < -0.3 is 28.4 Å². The van der Waals surface area contributed by atoms with E-state index in [9.17, 15) is 0 Å². The minimum Gasteiger partial charge on any atom is -0.456 e. The first-order valence-electron chi connectivity index (χ1n) is 38.3. The van der Waals surface area contributed by atoms with Gasteiger partial charge in [0.15, 0.2) is 0 Å². The Labute approximate surface area is 637 Å². The highest BCUT2D eigenvalue weighted by molar-refractivity contribution is 7.00. The molecule has 109 heavy (non-hydrogen) atoms. The van der Waals surface area contributed by atoms with Gasteiger partial charge in [0.05, 0.1) is 33.4 Å². The highest BCUT2D eigenvalue weighted by atomic mass is 16.5. The lowest BCUT2D eigenvalue weighted by Crippen LogP contribution is -2.62. The van der Waals surface area contributed by atoms with Crippen LogP contribution in [0.3, 0.4) is 0 Å². The molecule has 6 nitrogen and oxygen atoms in total. The van der Waals surface area contributed by atoms with Crippen molar-refractivity contribution in [1.29, 1.82) is 0 Å². The third kappa shape index (κ3) is 9.88. The van der Waals surface area contributed by atoms with Crippen LogP contribution in [0.5, 0.6) is 23.0 Å². The number of aromatic nitrogens is 2. The lowest BCUT2D eigenvalue weighted by molar-refractivity contribution is 0.486. The first kappa shape index (κ1) is 64.5. The molecule has 7 heteroatoms. The van der Waals surface area contributed by atoms with Crippen LogP contribution in [0, 0.1) is 0 Å². The predicted octanol–water partition coefficient (Wildman–Crippen LogP) is 26.1. The molecule has 0 amide bonds. The van der Waals surface area contributed by atoms with Crippen molar-refractivity contribution in [2.45, 2.75) is 78.6 Å². The number of benzene rings is 15. The van der Waals surface area contributed by atoms with Crippen LogP contribution in [0.4, 0.5) is 34.1 Å². The molecule has 0 saturated carbocycles. The van der Waals surface area contributed by atoms with E-state index in [4.69, 9.17) is 9.47 Å². The maximum absolute atomic E-state index is 7.89. The zero-order chi connectivity index (χ0) is 73.5. The monoisotopic (exact) mass is 1400 g/mol. The van der Waals surface area contributed by atoms with Crippen molar-refractivity contribution in [2.75, 3.05) is 9.80 Å². The van der Waals surface area contributed by atoms with Crippen molar-refractivity contribution in [3.63, 3.8) is 0 Å². The minimum atomic E-state index is -0.385. The van der Waals surface area contributed by atoms with E-state index in [0.717, 1.165) is 179 Å². The van der Waals surface area contributed by atoms with Gasteiger partial charge in [0, 0.05) is 111 Å². The number of rotatable bonds is 4. The Morgan fingerprint density at radius 1 is 0.248 bits per heavy atom. The van der Waals surface area contributed by atoms with Crippen LogP contribution in [-0.2, 0) is 16.2 Å². The molecule has 21 rings (SSSR count). The second kappa shape index (κ2) is 23.8. The van der Waals surface area contributed by atoms with Gasteiger partial charge in [-0.25, -0.2) is 0 Å². The van der Waals surface area contributed by atoms with E-state index in [0.29, 0.717) is 0 Å². The summed E-state index contributed by atoms with van der Waals surface area (Å²) in [5, 5.41) is 4.54. The van der Waals surface area contributed by atoms with Gasteiger partial charge in [-0.05, 0) is 158 Å². The average molecular weight is 1400 g/mol. The normalized spacial score (nSPS) is 13.3. The van der Waals surface area contributed by atoms with E-state index < -0.39 is 0 Å². The minimum absolute atomic E-state index is 0.317. The molecule has 0 bridgehead atoms. The number of para-hydroxylation sites is 8. The molecule has 0 saturated heterocycles. The van der Waals surface area contributed by atoms with Gasteiger partial charge in [-0.3, -0.25) is 0 Å². The number of fused-ring (bicyclic) bond motifs is 22. The summed E-state index contributed by atoms with van der Waals surface area (Å²) in [5.74, 6) is 3.12. The number of ether oxygens (including phenoxy) is 2. The maximum Gasteiger partial charge on any atom is 0.252 e. The SMILES string of the molecule is CC(C)(C)c1cc2c3c(c1)-c1ccccc1Oc1cc4c5ccccc5n(-c5ccccc5)c4cc1-c1cccc(-c4ccccc4)c1N3c1cc(C(C)(C)C)cc3c1B2c1cc(C(C)(C)C)cc2c1N3c1c(-c3ccccc3)cccc1-c1cc3c(cc1Oc1ccccc1-2)c1ccccc1n3-c1ccccc1. The quantitative estimate of drug-likeness (QED) is 0.165. The van der Waals surface area contributed by atoms with Crippen molar-refractivity contribution in [2.24, 2.45) is 0 Å². The summed E-state index contributed by atoms with van der Waals surface area (Å²) in [6.07, 6.45) is 0. The molecule has 522 valence electrons. The molecule has 2 aromatic heterocycles. The molecule has 17 aromatic rings. The van der Waals surface area contributed by atoms with Crippen molar-refractivity contribution < 1.29 is 9.47 Å². The molecule has 0 atom stereocenters. The second-order valence-electron chi connectivity index (χ2n) is 33.1. The highest BCUT2D eigenvalue weighted by Gasteiger charge is 2.49. The van der Waals surface area contributed by atoms with Crippen LogP contribution in [-0.4, -0.2) is 15.8 Å². The molecule has 0 fully saturated rings. The van der Waals surface area contributed by atoms with E-state index in [2.05, 4.69) is 397 Å². The third-order valence-corrected chi connectivity index (χ3v) is 23.5. The molecule has 6 heterocycles. The Morgan fingerprint density at radius 3 is 1.01 bits per heavy atom. The standard InChI is InChI=1S/C102H79BN4O2/c1-100(2,3)64-52-81-73-42-24-28-50-91(73)108-93-60-77-71-40-22-26-48-85(71)104(67-36-18-12-19-37-67)87(77)58-79(93)75-46-30-44-69(62-32-14-10-15-33-62)96(75)106-89-56-66(102(7,8)9)57-90-95(89)103(83(54-64)98(81)106)84-55-65(101(4,5)6)53-82-74-43-25-29-51-92(74)109-94-61-78-72-41-23-27-49-86(72)105(68-38-20-13-21-39-68)88(78)59-80(94)76-47-31-45-70(63-34-16-11-17-35-63)97(76)107(90)99(82)84/h10-61H,1-9H3. The van der Waals surface area contributed by atoms with Gasteiger partial charge >= 0.3 is 0 Å². The van der Waals surface area contributed by atoms with Crippen LogP contribution in [0.15, 0.2) is 315 Å². The fraction of sp³-hybridized carbons (Fsp3) is 0.118. The summed E-state index contributed by atoms with van der Waals surface area (Å²) >= 11 is 0. The van der Waals surface area contributed by atoms with Crippen LogP contribution in [0.2, 0.25) is 0 Å². The van der Waals surface area contributed by atoms with Gasteiger partial charge in [0.25, 0.3) is 6.71 Å². The summed E-state index contributed by atoms with van der Waals surface area (Å²) < 4.78 is 20.7. The summed E-state index contributed by atoms with van der Waals surface area (Å²) in [5.41, 5.74) is 32.3. The van der Waals surface area contributed by atoms with E-state index in [1.165, 1.54) is 33.1 Å². The molecule has 0 aliphatic carbocycles. The Balaban J connectivity index is 0.973. The van der Waals surface area contributed by atoms with Crippen molar-refractivity contribution in [3.05, 3.63) is 332 Å². The molecule has 4 aliphatic rings. The van der Waals surface area contributed by atoms with Gasteiger partial charge in [-0.15, -0.1) is 0 Å². The Bertz CT molecular complexity index is 6280. The summed E-state index contributed by atoms with van der Waals surface area (Å²) in [4.78, 5) is 5.51. The van der Waals surface area contributed by atoms with E-state index in [1.54, 1.807) is 0 Å². The van der Waals surface area contributed by atoms with Gasteiger partial charge in [0.2, 0.25) is 0 Å². The molecule has 0 spiro atoms. The van der Waals surface area contributed by atoms with E-state index in [1.807, 2.05) is 0 Å². The average Bonchev–Trinajstić information content (AvgIpc) is 1.26. The Kier molecular flexibility index (Phi) is 14.1. The maximum atomic E-state index is 7.89. The summed E-state index contributed by atoms with van der Waals surface area (Å²) in [6.45, 7) is 21.1. The van der Waals surface area contributed by atoms with Crippen molar-refractivity contribution in [1.82, 2.24) is 9.13 Å². The second-order valence-corrected chi connectivity index (χ2v) is 33.1. The summed E-state index contributed by atoms with van der Waals surface area (Å²) in [6, 6.07) is 118. The number of hydrogen-bond donors (Lipinski definition) is 0. The molecule has 15 aromatic carbocycles. The molecule has 0 N–H and O–H groups in total. The number of hydrogen-bond acceptors (Lipinski definition) is 4. The van der Waals surface area contributed by atoms with Crippen LogP contribution in [0.1, 0.15) is 79.0 Å².